The third kappa shape index (κ3) is 3.62. The molecule has 23 heavy (non-hydrogen) atoms. The van der Waals surface area contributed by atoms with Crippen LogP contribution in [-0.4, -0.2) is 21.2 Å². The van der Waals surface area contributed by atoms with Crippen molar-refractivity contribution in [2.75, 3.05) is 0 Å². The number of halogens is 2. The Morgan fingerprint density at radius 3 is 2.65 bits per heavy atom. The van der Waals surface area contributed by atoms with Gasteiger partial charge in [-0.25, -0.2) is 0 Å². The number of nitrogens with zero attached hydrogens (tertiary/aromatic N) is 3. The SMILES string of the molecule is C[C@H](NCc1ccc(OC(F)F)cc1)c1nnc2ccccn12. The zero-order valence-corrected chi connectivity index (χ0v) is 12.5. The van der Waals surface area contributed by atoms with Crippen molar-refractivity contribution in [3.8, 4) is 5.75 Å². The van der Waals surface area contributed by atoms with Crippen molar-refractivity contribution in [1.82, 2.24) is 19.9 Å². The number of alkyl halides is 2. The maximum atomic E-state index is 12.1. The summed E-state index contributed by atoms with van der Waals surface area (Å²) in [4.78, 5) is 0. The quantitative estimate of drug-likeness (QED) is 0.758. The van der Waals surface area contributed by atoms with Gasteiger partial charge in [-0.15, -0.1) is 10.2 Å². The molecule has 1 N–H and O–H groups in total. The van der Waals surface area contributed by atoms with E-state index in [1.54, 1.807) is 12.1 Å². The highest BCUT2D eigenvalue weighted by Gasteiger charge is 2.12. The Bertz CT molecular complexity index is 773. The highest BCUT2D eigenvalue weighted by atomic mass is 19.3. The largest absolute Gasteiger partial charge is 0.435 e. The molecule has 0 aliphatic heterocycles. The minimum absolute atomic E-state index is 0.00982. The van der Waals surface area contributed by atoms with E-state index in [0.717, 1.165) is 17.0 Å². The van der Waals surface area contributed by atoms with E-state index in [0.29, 0.717) is 6.54 Å². The summed E-state index contributed by atoms with van der Waals surface area (Å²) < 4.78 is 30.5. The molecule has 3 rings (SSSR count). The molecule has 0 unspecified atom stereocenters. The van der Waals surface area contributed by atoms with E-state index < -0.39 is 6.61 Å². The lowest BCUT2D eigenvalue weighted by atomic mass is 10.2. The van der Waals surface area contributed by atoms with Crippen molar-refractivity contribution in [1.29, 1.82) is 0 Å². The average Bonchev–Trinajstić information content (AvgIpc) is 2.97. The number of benzene rings is 1. The first-order valence-corrected chi connectivity index (χ1v) is 7.20. The Morgan fingerprint density at radius 1 is 1.13 bits per heavy atom. The number of rotatable bonds is 6. The summed E-state index contributed by atoms with van der Waals surface area (Å²) in [6.45, 7) is -0.226. The van der Waals surface area contributed by atoms with E-state index >= 15 is 0 Å². The molecular weight excluding hydrogens is 302 g/mol. The molecule has 0 fully saturated rings. The fourth-order valence-electron chi connectivity index (χ4n) is 2.31. The minimum Gasteiger partial charge on any atom is -0.435 e. The van der Waals surface area contributed by atoms with Gasteiger partial charge in [-0.1, -0.05) is 18.2 Å². The fourth-order valence-corrected chi connectivity index (χ4v) is 2.31. The Balaban J connectivity index is 1.63. The van der Waals surface area contributed by atoms with Crippen LogP contribution in [0, 0.1) is 0 Å². The van der Waals surface area contributed by atoms with Gasteiger partial charge in [0.2, 0.25) is 0 Å². The first kappa shape index (κ1) is 15.4. The van der Waals surface area contributed by atoms with Gasteiger partial charge in [-0.05, 0) is 36.8 Å². The van der Waals surface area contributed by atoms with E-state index in [1.807, 2.05) is 35.7 Å². The molecule has 0 radical (unpaired) electrons. The van der Waals surface area contributed by atoms with Gasteiger partial charge in [-0.3, -0.25) is 4.40 Å². The van der Waals surface area contributed by atoms with Crippen LogP contribution in [0.5, 0.6) is 5.75 Å². The van der Waals surface area contributed by atoms with Gasteiger partial charge < -0.3 is 10.1 Å². The molecule has 0 spiro atoms. The van der Waals surface area contributed by atoms with Crippen LogP contribution < -0.4 is 10.1 Å². The summed E-state index contributed by atoms with van der Waals surface area (Å²) in [6, 6.07) is 12.3. The van der Waals surface area contributed by atoms with Gasteiger partial charge in [0.15, 0.2) is 11.5 Å². The molecule has 1 atom stereocenters. The highest BCUT2D eigenvalue weighted by Crippen LogP contribution is 2.16. The molecule has 0 aliphatic rings. The number of hydrogen-bond acceptors (Lipinski definition) is 4. The van der Waals surface area contributed by atoms with E-state index in [-0.39, 0.29) is 11.8 Å². The third-order valence-corrected chi connectivity index (χ3v) is 3.49. The molecule has 0 amide bonds. The summed E-state index contributed by atoms with van der Waals surface area (Å²) in [5, 5.41) is 11.7. The second-order valence-electron chi connectivity index (χ2n) is 5.11. The second-order valence-corrected chi connectivity index (χ2v) is 5.11. The van der Waals surface area contributed by atoms with Crippen LogP contribution in [0.15, 0.2) is 48.7 Å². The van der Waals surface area contributed by atoms with Gasteiger partial charge in [0.25, 0.3) is 0 Å². The second kappa shape index (κ2) is 6.70. The fraction of sp³-hybridized carbons (Fsp3) is 0.250. The molecule has 0 saturated carbocycles. The summed E-state index contributed by atoms with van der Waals surface area (Å²) in [5.41, 5.74) is 1.76. The van der Waals surface area contributed by atoms with Crippen LogP contribution >= 0.6 is 0 Å². The topological polar surface area (TPSA) is 51.5 Å². The van der Waals surface area contributed by atoms with Crippen LogP contribution in [0.4, 0.5) is 8.78 Å². The third-order valence-electron chi connectivity index (χ3n) is 3.49. The number of fused-ring (bicyclic) bond motifs is 1. The Morgan fingerprint density at radius 2 is 1.91 bits per heavy atom. The first-order chi connectivity index (χ1) is 11.1. The number of nitrogens with one attached hydrogen (secondary N) is 1. The normalized spacial score (nSPS) is 12.7. The Kier molecular flexibility index (Phi) is 4.47. The molecule has 0 aliphatic carbocycles. The van der Waals surface area contributed by atoms with Gasteiger partial charge >= 0.3 is 6.61 Å². The zero-order chi connectivity index (χ0) is 16.2. The molecule has 2 heterocycles. The summed E-state index contributed by atoms with van der Waals surface area (Å²) in [6.07, 6.45) is 1.92. The molecule has 1 aromatic carbocycles. The number of pyridine rings is 1. The van der Waals surface area contributed by atoms with Crippen LogP contribution in [0.2, 0.25) is 0 Å². The van der Waals surface area contributed by atoms with Crippen LogP contribution in [0.25, 0.3) is 5.65 Å². The number of aromatic nitrogens is 3. The number of hydrogen-bond donors (Lipinski definition) is 1. The molecule has 2 aromatic heterocycles. The van der Waals surface area contributed by atoms with Crippen molar-refractivity contribution >= 4 is 5.65 Å². The predicted octanol–water partition coefficient (Wildman–Crippen LogP) is 3.18. The highest BCUT2D eigenvalue weighted by molar-refractivity contribution is 5.37. The van der Waals surface area contributed by atoms with Crippen LogP contribution in [0.1, 0.15) is 24.4 Å². The number of ether oxygens (including phenoxy) is 1. The predicted molar refractivity (Wildman–Crippen MR) is 81.3 cm³/mol. The lowest BCUT2D eigenvalue weighted by Gasteiger charge is -2.12. The maximum Gasteiger partial charge on any atom is 0.387 e. The molecule has 0 saturated heterocycles. The average molecular weight is 318 g/mol. The van der Waals surface area contributed by atoms with Crippen molar-refractivity contribution in [3.05, 3.63) is 60.0 Å². The lowest BCUT2D eigenvalue weighted by Crippen LogP contribution is -2.20. The van der Waals surface area contributed by atoms with Gasteiger partial charge in [0.1, 0.15) is 5.75 Å². The first-order valence-electron chi connectivity index (χ1n) is 7.20. The van der Waals surface area contributed by atoms with Gasteiger partial charge in [0.05, 0.1) is 6.04 Å². The summed E-state index contributed by atoms with van der Waals surface area (Å²) in [5.74, 6) is 0.971. The van der Waals surface area contributed by atoms with Gasteiger partial charge in [-0.2, -0.15) is 8.78 Å². The Hall–Kier alpha value is -2.54. The smallest absolute Gasteiger partial charge is 0.387 e. The molecule has 5 nitrogen and oxygen atoms in total. The molecule has 0 bridgehead atoms. The van der Waals surface area contributed by atoms with Crippen molar-refractivity contribution in [2.24, 2.45) is 0 Å². The van der Waals surface area contributed by atoms with E-state index in [4.69, 9.17) is 0 Å². The zero-order valence-electron chi connectivity index (χ0n) is 12.5. The van der Waals surface area contributed by atoms with E-state index in [1.165, 1.54) is 12.1 Å². The summed E-state index contributed by atoms with van der Waals surface area (Å²) >= 11 is 0. The van der Waals surface area contributed by atoms with Crippen LogP contribution in [-0.2, 0) is 6.54 Å². The van der Waals surface area contributed by atoms with Crippen molar-refractivity contribution in [2.45, 2.75) is 26.1 Å². The maximum absolute atomic E-state index is 12.1. The molecular formula is C16H16F2N4O. The van der Waals surface area contributed by atoms with E-state index in [9.17, 15) is 8.78 Å². The van der Waals surface area contributed by atoms with Crippen molar-refractivity contribution < 1.29 is 13.5 Å². The lowest BCUT2D eigenvalue weighted by molar-refractivity contribution is -0.0498. The minimum atomic E-state index is -2.81. The van der Waals surface area contributed by atoms with Crippen LogP contribution in [0.3, 0.4) is 0 Å². The van der Waals surface area contributed by atoms with Crippen molar-refractivity contribution in [3.63, 3.8) is 0 Å². The van der Waals surface area contributed by atoms with Gasteiger partial charge in [0, 0.05) is 12.7 Å². The molecule has 120 valence electrons. The molecule has 7 heteroatoms. The Labute approximate surface area is 131 Å². The molecule has 3 aromatic rings. The monoisotopic (exact) mass is 318 g/mol. The standard InChI is InChI=1S/C16H16F2N4O/c1-11(15-21-20-14-4-2-3-9-22(14)15)19-10-12-5-7-13(8-6-12)23-16(17)18/h2-9,11,16,19H,10H2,1H3/t11-/m0/s1. The summed E-state index contributed by atoms with van der Waals surface area (Å²) in [7, 11) is 0. The van der Waals surface area contributed by atoms with E-state index in [2.05, 4.69) is 20.3 Å².